The molecule has 0 aliphatic heterocycles. The topological polar surface area (TPSA) is 59.4 Å². The number of halogens is 3. The summed E-state index contributed by atoms with van der Waals surface area (Å²) in [5, 5.41) is 9.07. The number of aromatic carboxylic acids is 1. The van der Waals surface area contributed by atoms with E-state index in [9.17, 15) is 18.0 Å². The molecule has 1 heterocycles. The highest BCUT2D eigenvalue weighted by molar-refractivity contribution is 5.89. The third-order valence-electron chi connectivity index (χ3n) is 3.60. The van der Waals surface area contributed by atoms with E-state index in [4.69, 9.17) is 5.11 Å². The van der Waals surface area contributed by atoms with Gasteiger partial charge in [-0.2, -0.15) is 0 Å². The summed E-state index contributed by atoms with van der Waals surface area (Å²) in [5.74, 6) is -1.42. The van der Waals surface area contributed by atoms with Crippen LogP contribution in [0.5, 0.6) is 5.75 Å². The summed E-state index contributed by atoms with van der Waals surface area (Å²) in [6.07, 6.45) is -2.08. The van der Waals surface area contributed by atoms with Crippen LogP contribution in [0.15, 0.2) is 67.0 Å². The lowest BCUT2D eigenvalue weighted by Gasteiger charge is -2.14. The molecule has 0 aliphatic carbocycles. The van der Waals surface area contributed by atoms with Crippen LogP contribution in [0.1, 0.15) is 10.4 Å². The van der Waals surface area contributed by atoms with Gasteiger partial charge < -0.3 is 9.84 Å². The number of carboxylic acids is 1. The number of alkyl halides is 3. The highest BCUT2D eigenvalue weighted by Gasteiger charge is 2.32. The Kier molecular flexibility index (Phi) is 4.62. The second-order valence-corrected chi connectivity index (χ2v) is 5.39. The largest absolute Gasteiger partial charge is 0.573 e. The zero-order valence-electron chi connectivity index (χ0n) is 13.2. The Morgan fingerprint density at radius 1 is 0.923 bits per heavy atom. The number of hydrogen-bond acceptors (Lipinski definition) is 3. The Bertz CT molecular complexity index is 955. The molecule has 7 heteroatoms. The number of para-hydroxylation sites is 1. The van der Waals surface area contributed by atoms with E-state index >= 15 is 0 Å². The summed E-state index contributed by atoms with van der Waals surface area (Å²) in [6, 6.07) is 14.0. The molecule has 4 nitrogen and oxygen atoms in total. The molecule has 1 aromatic heterocycles. The van der Waals surface area contributed by atoms with Gasteiger partial charge in [-0.1, -0.05) is 36.4 Å². The molecule has 0 aliphatic rings. The van der Waals surface area contributed by atoms with E-state index in [1.807, 2.05) is 0 Å². The average Bonchev–Trinajstić information content (AvgIpc) is 2.61. The lowest BCUT2D eigenvalue weighted by atomic mass is 9.99. The molecule has 0 amide bonds. The van der Waals surface area contributed by atoms with Crippen LogP contribution in [0, 0.1) is 0 Å². The number of benzene rings is 2. The average molecular weight is 359 g/mol. The van der Waals surface area contributed by atoms with E-state index in [0.29, 0.717) is 16.7 Å². The number of nitrogens with zero attached hydrogens (tertiary/aromatic N) is 1. The standard InChI is InChI=1S/C19H12F3NO3/c20-19(21,22)26-17-7-2-1-6-16(17)13-5-3-4-12(8-13)14-9-15(18(24)25)11-23-10-14/h1-11H,(H,24,25). The van der Waals surface area contributed by atoms with E-state index in [1.54, 1.807) is 30.3 Å². The summed E-state index contributed by atoms with van der Waals surface area (Å²) < 4.78 is 41.9. The molecule has 0 saturated heterocycles. The van der Waals surface area contributed by atoms with Crippen molar-refractivity contribution in [2.24, 2.45) is 0 Å². The molecular weight excluding hydrogens is 347 g/mol. The maximum atomic E-state index is 12.6. The summed E-state index contributed by atoms with van der Waals surface area (Å²) in [5.41, 5.74) is 1.96. The van der Waals surface area contributed by atoms with Crippen molar-refractivity contribution in [1.82, 2.24) is 4.98 Å². The Labute approximate surface area is 146 Å². The first-order chi connectivity index (χ1) is 12.3. The fourth-order valence-electron chi connectivity index (χ4n) is 2.50. The molecule has 0 radical (unpaired) electrons. The lowest BCUT2D eigenvalue weighted by molar-refractivity contribution is -0.274. The van der Waals surface area contributed by atoms with Crippen LogP contribution in [-0.4, -0.2) is 22.4 Å². The number of aromatic nitrogens is 1. The van der Waals surface area contributed by atoms with E-state index in [2.05, 4.69) is 9.72 Å². The monoisotopic (exact) mass is 359 g/mol. The van der Waals surface area contributed by atoms with Gasteiger partial charge in [-0.25, -0.2) is 4.79 Å². The van der Waals surface area contributed by atoms with Gasteiger partial charge in [0.1, 0.15) is 5.75 Å². The van der Waals surface area contributed by atoms with Crippen LogP contribution >= 0.6 is 0 Å². The van der Waals surface area contributed by atoms with Crippen LogP contribution < -0.4 is 4.74 Å². The minimum Gasteiger partial charge on any atom is -0.478 e. The van der Waals surface area contributed by atoms with Crippen LogP contribution in [0.4, 0.5) is 13.2 Å². The first-order valence-corrected chi connectivity index (χ1v) is 7.47. The molecule has 2 aromatic carbocycles. The molecule has 0 fully saturated rings. The second kappa shape index (κ2) is 6.87. The number of ether oxygens (including phenoxy) is 1. The fourth-order valence-corrected chi connectivity index (χ4v) is 2.50. The van der Waals surface area contributed by atoms with Crippen LogP contribution in [0.2, 0.25) is 0 Å². The van der Waals surface area contributed by atoms with Crippen LogP contribution in [0.25, 0.3) is 22.3 Å². The fraction of sp³-hybridized carbons (Fsp3) is 0.0526. The van der Waals surface area contributed by atoms with Gasteiger partial charge in [0.2, 0.25) is 0 Å². The van der Waals surface area contributed by atoms with E-state index in [-0.39, 0.29) is 16.9 Å². The third kappa shape index (κ3) is 4.00. The Balaban J connectivity index is 2.04. The molecule has 26 heavy (non-hydrogen) atoms. The van der Waals surface area contributed by atoms with E-state index in [0.717, 1.165) is 0 Å². The number of carboxylic acid groups (broad SMARTS) is 1. The molecule has 0 bridgehead atoms. The molecule has 3 rings (SSSR count). The van der Waals surface area contributed by atoms with Gasteiger partial charge in [0.25, 0.3) is 0 Å². The number of hydrogen-bond donors (Lipinski definition) is 1. The van der Waals surface area contributed by atoms with Crippen molar-refractivity contribution in [3.05, 3.63) is 72.6 Å². The van der Waals surface area contributed by atoms with Gasteiger partial charge in [-0.15, -0.1) is 13.2 Å². The molecule has 0 saturated carbocycles. The Hall–Kier alpha value is -3.35. The molecule has 3 aromatic rings. The number of rotatable bonds is 4. The quantitative estimate of drug-likeness (QED) is 0.711. The SMILES string of the molecule is O=C(O)c1cncc(-c2cccc(-c3ccccc3OC(F)(F)F)c2)c1. The summed E-state index contributed by atoms with van der Waals surface area (Å²) >= 11 is 0. The van der Waals surface area contributed by atoms with Crippen molar-refractivity contribution in [3.63, 3.8) is 0 Å². The smallest absolute Gasteiger partial charge is 0.478 e. The van der Waals surface area contributed by atoms with Crippen molar-refractivity contribution in [2.45, 2.75) is 6.36 Å². The van der Waals surface area contributed by atoms with E-state index < -0.39 is 12.3 Å². The van der Waals surface area contributed by atoms with Crippen molar-refractivity contribution in [1.29, 1.82) is 0 Å². The van der Waals surface area contributed by atoms with Gasteiger partial charge in [0.05, 0.1) is 5.56 Å². The molecule has 1 N–H and O–H groups in total. The third-order valence-corrected chi connectivity index (χ3v) is 3.60. The first kappa shape index (κ1) is 17.5. The first-order valence-electron chi connectivity index (χ1n) is 7.47. The highest BCUT2D eigenvalue weighted by Crippen LogP contribution is 2.35. The maximum absolute atomic E-state index is 12.6. The van der Waals surface area contributed by atoms with Crippen molar-refractivity contribution >= 4 is 5.97 Å². The van der Waals surface area contributed by atoms with Crippen LogP contribution in [0.3, 0.4) is 0 Å². The lowest BCUT2D eigenvalue weighted by Crippen LogP contribution is -2.17. The van der Waals surface area contributed by atoms with Gasteiger partial charge in [-0.3, -0.25) is 4.98 Å². The number of pyridine rings is 1. The van der Waals surface area contributed by atoms with Gasteiger partial charge in [0, 0.05) is 23.5 Å². The second-order valence-electron chi connectivity index (χ2n) is 5.39. The molecule has 0 spiro atoms. The molecular formula is C19H12F3NO3. The van der Waals surface area contributed by atoms with Crippen molar-refractivity contribution in [2.75, 3.05) is 0 Å². The minimum atomic E-state index is -4.80. The molecule has 132 valence electrons. The normalized spacial score (nSPS) is 11.2. The highest BCUT2D eigenvalue weighted by atomic mass is 19.4. The van der Waals surface area contributed by atoms with Gasteiger partial charge >= 0.3 is 12.3 Å². The zero-order valence-corrected chi connectivity index (χ0v) is 13.2. The van der Waals surface area contributed by atoms with Gasteiger partial charge in [0.15, 0.2) is 0 Å². The van der Waals surface area contributed by atoms with Gasteiger partial charge in [-0.05, 0) is 29.3 Å². The molecule has 0 atom stereocenters. The van der Waals surface area contributed by atoms with Crippen LogP contribution in [-0.2, 0) is 0 Å². The summed E-state index contributed by atoms with van der Waals surface area (Å²) in [4.78, 5) is 15.0. The minimum absolute atomic E-state index is 0.0220. The predicted octanol–water partition coefficient (Wildman–Crippen LogP) is 5.01. The summed E-state index contributed by atoms with van der Waals surface area (Å²) in [7, 11) is 0. The van der Waals surface area contributed by atoms with Crippen molar-refractivity contribution < 1.29 is 27.8 Å². The number of carbonyl (C=O) groups is 1. The van der Waals surface area contributed by atoms with E-state index in [1.165, 1.54) is 36.7 Å². The zero-order chi connectivity index (χ0) is 18.7. The van der Waals surface area contributed by atoms with Crippen molar-refractivity contribution in [3.8, 4) is 28.0 Å². The Morgan fingerprint density at radius 3 is 2.38 bits per heavy atom. The maximum Gasteiger partial charge on any atom is 0.573 e. The summed E-state index contributed by atoms with van der Waals surface area (Å²) in [6.45, 7) is 0. The predicted molar refractivity (Wildman–Crippen MR) is 88.8 cm³/mol. The molecule has 0 unspecified atom stereocenters. The Morgan fingerprint density at radius 2 is 1.65 bits per heavy atom.